The van der Waals surface area contributed by atoms with Gasteiger partial charge in [0.15, 0.2) is 0 Å². The molecule has 1 heterocycles. The van der Waals surface area contributed by atoms with Crippen LogP contribution in [0.2, 0.25) is 0 Å². The van der Waals surface area contributed by atoms with Crippen LogP contribution in [0.25, 0.3) is 0 Å². The lowest BCUT2D eigenvalue weighted by Crippen LogP contribution is -2.10. The van der Waals surface area contributed by atoms with E-state index in [1.165, 1.54) is 0 Å². The molecule has 0 aromatic heterocycles. The van der Waals surface area contributed by atoms with E-state index in [2.05, 4.69) is 24.7 Å². The summed E-state index contributed by atoms with van der Waals surface area (Å²) in [4.78, 5) is 11.3. The number of nitrogens with zero attached hydrogens (tertiary/aromatic N) is 1. The Morgan fingerprint density at radius 3 is 2.87 bits per heavy atom. The minimum atomic E-state index is -0.243. The van der Waals surface area contributed by atoms with Gasteiger partial charge in [-0.05, 0) is 30.0 Å². The Balaban J connectivity index is 2.40. The molecule has 1 aliphatic rings. The average Bonchev–Trinajstić information content (AvgIpc) is 2.48. The maximum Gasteiger partial charge on any atom is 0.295 e. The Labute approximate surface area is 88.8 Å². The molecule has 0 saturated heterocycles. The number of rotatable bonds is 2. The van der Waals surface area contributed by atoms with Crippen molar-refractivity contribution < 1.29 is 4.79 Å². The molecule has 0 spiro atoms. The average molecular weight is 204 g/mol. The first kappa shape index (κ1) is 9.83. The Hall–Kier alpha value is -1.71. The second-order valence-corrected chi connectivity index (χ2v) is 4.22. The number of carbonyl (C=O) groups excluding carboxylic acids is 1. The summed E-state index contributed by atoms with van der Waals surface area (Å²) in [5.74, 6) is 0.298. The van der Waals surface area contributed by atoms with Crippen molar-refractivity contribution in [3.63, 3.8) is 0 Å². The summed E-state index contributed by atoms with van der Waals surface area (Å²) in [7, 11) is 0. The molecule has 4 nitrogen and oxygen atoms in total. The van der Waals surface area contributed by atoms with Gasteiger partial charge >= 0.3 is 0 Å². The van der Waals surface area contributed by atoms with Crippen LogP contribution >= 0.6 is 0 Å². The van der Waals surface area contributed by atoms with Gasteiger partial charge in [0, 0.05) is 5.69 Å². The van der Waals surface area contributed by atoms with Crippen LogP contribution in [0.5, 0.6) is 0 Å². The van der Waals surface area contributed by atoms with Crippen molar-refractivity contribution in [3.8, 4) is 0 Å². The number of carbonyl (C=O) groups is 1. The third kappa shape index (κ3) is 1.75. The molecule has 1 radical (unpaired) electrons. The fraction of sp³-hybridized carbons (Fsp3) is 0.364. The van der Waals surface area contributed by atoms with Crippen molar-refractivity contribution in [2.45, 2.75) is 20.3 Å². The number of anilines is 2. The second kappa shape index (κ2) is 3.46. The van der Waals surface area contributed by atoms with Crippen LogP contribution in [0.3, 0.4) is 0 Å². The number of nitrogens with one attached hydrogen (secondary N) is 1. The van der Waals surface area contributed by atoms with E-state index in [1.54, 1.807) is 6.07 Å². The summed E-state index contributed by atoms with van der Waals surface area (Å²) in [6.07, 6.45) is 0.912. The summed E-state index contributed by atoms with van der Waals surface area (Å²) >= 11 is 0. The molecule has 15 heavy (non-hydrogen) atoms. The van der Waals surface area contributed by atoms with Crippen LogP contribution in [0, 0.1) is 5.92 Å². The molecular weight excluding hydrogens is 190 g/mol. The van der Waals surface area contributed by atoms with Gasteiger partial charge in [-0.2, -0.15) is 0 Å². The highest BCUT2D eigenvalue weighted by molar-refractivity contribution is 6.04. The molecule has 1 aromatic rings. The molecule has 79 valence electrons. The van der Waals surface area contributed by atoms with Gasteiger partial charge in [-0.25, -0.2) is 0 Å². The summed E-state index contributed by atoms with van der Waals surface area (Å²) in [6, 6.07) is 3.62. The molecule has 1 amide bonds. The SMILES string of the molecule is CC(C)Cc1cc2c(cc1N)C(=O)[N]N2. The highest BCUT2D eigenvalue weighted by Crippen LogP contribution is 2.28. The zero-order valence-corrected chi connectivity index (χ0v) is 8.87. The van der Waals surface area contributed by atoms with Gasteiger partial charge in [0.25, 0.3) is 5.91 Å². The first-order valence-corrected chi connectivity index (χ1v) is 5.01. The van der Waals surface area contributed by atoms with Crippen LogP contribution in [-0.4, -0.2) is 5.91 Å². The topological polar surface area (TPSA) is 69.2 Å². The number of hydrogen-bond acceptors (Lipinski definition) is 3. The Bertz CT molecular complexity index is 413. The smallest absolute Gasteiger partial charge is 0.295 e. The largest absolute Gasteiger partial charge is 0.398 e. The van der Waals surface area contributed by atoms with E-state index in [1.807, 2.05) is 6.07 Å². The van der Waals surface area contributed by atoms with E-state index in [-0.39, 0.29) is 5.91 Å². The number of amides is 1. The molecule has 0 bridgehead atoms. The van der Waals surface area contributed by atoms with E-state index in [9.17, 15) is 4.79 Å². The first-order valence-electron chi connectivity index (χ1n) is 5.01. The summed E-state index contributed by atoms with van der Waals surface area (Å²) in [5, 5.41) is 0. The summed E-state index contributed by atoms with van der Waals surface area (Å²) in [5.41, 5.74) is 15.3. The number of hydrogen-bond donors (Lipinski definition) is 2. The fourth-order valence-electron chi connectivity index (χ4n) is 1.72. The van der Waals surface area contributed by atoms with Crippen LogP contribution < -0.4 is 16.6 Å². The van der Waals surface area contributed by atoms with Gasteiger partial charge < -0.3 is 5.73 Å². The van der Waals surface area contributed by atoms with Crippen LogP contribution in [0.1, 0.15) is 29.8 Å². The third-order valence-corrected chi connectivity index (χ3v) is 2.42. The van der Waals surface area contributed by atoms with Gasteiger partial charge in [-0.3, -0.25) is 10.2 Å². The molecule has 0 saturated carbocycles. The van der Waals surface area contributed by atoms with E-state index in [0.29, 0.717) is 17.2 Å². The van der Waals surface area contributed by atoms with Gasteiger partial charge in [-0.1, -0.05) is 13.8 Å². The van der Waals surface area contributed by atoms with Crippen LogP contribution in [0.4, 0.5) is 11.4 Å². The van der Waals surface area contributed by atoms with Gasteiger partial charge in [0.05, 0.1) is 11.3 Å². The Morgan fingerprint density at radius 2 is 2.20 bits per heavy atom. The lowest BCUT2D eigenvalue weighted by atomic mass is 9.99. The van der Waals surface area contributed by atoms with E-state index in [0.717, 1.165) is 17.7 Å². The lowest BCUT2D eigenvalue weighted by Gasteiger charge is -2.09. The molecule has 0 unspecified atom stereocenters. The van der Waals surface area contributed by atoms with Gasteiger partial charge in [0.2, 0.25) is 0 Å². The number of nitrogens with two attached hydrogens (primary N) is 1. The molecule has 4 heteroatoms. The number of benzene rings is 1. The molecule has 0 atom stereocenters. The van der Waals surface area contributed by atoms with Gasteiger partial charge in [-0.15, -0.1) is 5.43 Å². The molecule has 1 aromatic carbocycles. The standard InChI is InChI=1S/C11H14N3O/c1-6(2)3-7-4-10-8(5-9(7)12)11(15)14-13-10/h4-6,13H,3,12H2,1-2H3. The number of fused-ring (bicyclic) bond motifs is 1. The van der Waals surface area contributed by atoms with Crippen molar-refractivity contribution in [2.24, 2.45) is 5.92 Å². The van der Waals surface area contributed by atoms with Gasteiger partial charge in [0.1, 0.15) is 0 Å². The monoisotopic (exact) mass is 204 g/mol. The molecule has 0 fully saturated rings. The molecule has 0 aliphatic carbocycles. The van der Waals surface area contributed by atoms with Crippen molar-refractivity contribution in [3.05, 3.63) is 23.3 Å². The summed E-state index contributed by atoms with van der Waals surface area (Å²) < 4.78 is 0. The zero-order chi connectivity index (χ0) is 11.0. The number of nitrogen functional groups attached to an aromatic ring is 1. The van der Waals surface area contributed by atoms with Crippen molar-refractivity contribution in [2.75, 3.05) is 11.2 Å². The van der Waals surface area contributed by atoms with Crippen LogP contribution in [-0.2, 0) is 6.42 Å². The molecule has 3 N–H and O–H groups in total. The third-order valence-electron chi connectivity index (χ3n) is 2.42. The van der Waals surface area contributed by atoms with E-state index < -0.39 is 0 Å². The fourth-order valence-corrected chi connectivity index (χ4v) is 1.72. The van der Waals surface area contributed by atoms with Crippen LogP contribution in [0.15, 0.2) is 12.1 Å². The maximum atomic E-state index is 11.3. The first-order chi connectivity index (χ1) is 7.08. The molecule has 2 rings (SSSR count). The quantitative estimate of drug-likeness (QED) is 0.718. The lowest BCUT2D eigenvalue weighted by molar-refractivity contribution is 0.0969. The van der Waals surface area contributed by atoms with Crippen molar-refractivity contribution >= 4 is 17.3 Å². The van der Waals surface area contributed by atoms with E-state index >= 15 is 0 Å². The van der Waals surface area contributed by atoms with E-state index in [4.69, 9.17) is 5.73 Å². The zero-order valence-electron chi connectivity index (χ0n) is 8.87. The van der Waals surface area contributed by atoms with Crippen molar-refractivity contribution in [1.82, 2.24) is 5.43 Å². The second-order valence-electron chi connectivity index (χ2n) is 4.22. The molecule has 1 aliphatic heterocycles. The molecular formula is C11H14N3O. The minimum absolute atomic E-state index is 0.243. The highest BCUT2D eigenvalue weighted by Gasteiger charge is 2.22. The minimum Gasteiger partial charge on any atom is -0.398 e. The maximum absolute atomic E-state index is 11.3. The Morgan fingerprint density at radius 1 is 1.47 bits per heavy atom. The Kier molecular flexibility index (Phi) is 2.26. The van der Waals surface area contributed by atoms with Crippen molar-refractivity contribution in [1.29, 1.82) is 0 Å². The normalized spacial score (nSPS) is 13.7. The highest BCUT2D eigenvalue weighted by atomic mass is 16.2. The predicted molar refractivity (Wildman–Crippen MR) is 59.5 cm³/mol. The summed E-state index contributed by atoms with van der Waals surface area (Å²) in [6.45, 7) is 4.27. The predicted octanol–water partition coefficient (Wildman–Crippen LogP) is 1.55.